The van der Waals surface area contributed by atoms with Crippen molar-refractivity contribution in [3.8, 4) is 0 Å². The zero-order valence-electron chi connectivity index (χ0n) is 13.7. The summed E-state index contributed by atoms with van der Waals surface area (Å²) in [6.45, 7) is 3.04. The summed E-state index contributed by atoms with van der Waals surface area (Å²) < 4.78 is 26.9. The summed E-state index contributed by atoms with van der Waals surface area (Å²) in [5.41, 5.74) is 2.06. The number of aliphatic carboxylic acids is 1. The zero-order valence-corrected chi connectivity index (χ0v) is 15.3. The van der Waals surface area contributed by atoms with Gasteiger partial charge in [0.15, 0.2) is 0 Å². The molecule has 0 fully saturated rings. The van der Waals surface area contributed by atoms with E-state index in [0.717, 1.165) is 14.8 Å². The van der Waals surface area contributed by atoms with Crippen LogP contribution in [-0.4, -0.2) is 32.3 Å². The summed E-state index contributed by atoms with van der Waals surface area (Å²) in [5.74, 6) is -1.21. The first-order valence-electron chi connectivity index (χ1n) is 7.21. The molecule has 128 valence electrons. The SMILES string of the molecule is CSc1ccc(S(=O)(=O)N(CC(=O)O)c2ccc(C)cc2C)cc1. The summed E-state index contributed by atoms with van der Waals surface area (Å²) in [6.07, 6.45) is 1.90. The van der Waals surface area contributed by atoms with E-state index in [1.165, 1.54) is 23.9 Å². The molecular formula is C17H19NO4S2. The number of hydrogen-bond donors (Lipinski definition) is 1. The predicted octanol–water partition coefficient (Wildman–Crippen LogP) is 3.31. The van der Waals surface area contributed by atoms with E-state index in [4.69, 9.17) is 0 Å². The van der Waals surface area contributed by atoms with Crippen LogP contribution < -0.4 is 4.31 Å². The van der Waals surface area contributed by atoms with Crippen LogP contribution in [0.25, 0.3) is 0 Å². The molecule has 24 heavy (non-hydrogen) atoms. The van der Waals surface area contributed by atoms with Gasteiger partial charge in [-0.2, -0.15) is 0 Å². The summed E-state index contributed by atoms with van der Waals surface area (Å²) in [5, 5.41) is 9.17. The van der Waals surface area contributed by atoms with Gasteiger partial charge < -0.3 is 5.11 Å². The van der Waals surface area contributed by atoms with Crippen LogP contribution in [0.15, 0.2) is 52.3 Å². The number of aryl methyl sites for hydroxylation is 2. The lowest BCUT2D eigenvalue weighted by molar-refractivity contribution is -0.135. The van der Waals surface area contributed by atoms with E-state index in [-0.39, 0.29) is 4.90 Å². The average molecular weight is 365 g/mol. The van der Waals surface area contributed by atoms with E-state index in [2.05, 4.69) is 0 Å². The second kappa shape index (κ2) is 7.27. The van der Waals surface area contributed by atoms with E-state index in [1.54, 1.807) is 31.2 Å². The van der Waals surface area contributed by atoms with Crippen LogP contribution in [0.4, 0.5) is 5.69 Å². The molecular weight excluding hydrogens is 346 g/mol. The minimum Gasteiger partial charge on any atom is -0.480 e. The van der Waals surface area contributed by atoms with E-state index < -0.39 is 22.5 Å². The molecule has 2 aromatic carbocycles. The number of hydrogen-bond acceptors (Lipinski definition) is 4. The van der Waals surface area contributed by atoms with Crippen molar-refractivity contribution in [3.63, 3.8) is 0 Å². The summed E-state index contributed by atoms with van der Waals surface area (Å²) in [4.78, 5) is 12.2. The normalized spacial score (nSPS) is 11.3. The Balaban J connectivity index is 2.54. The van der Waals surface area contributed by atoms with Crippen molar-refractivity contribution in [2.75, 3.05) is 17.1 Å². The van der Waals surface area contributed by atoms with E-state index >= 15 is 0 Å². The third-order valence-electron chi connectivity index (χ3n) is 3.55. The highest BCUT2D eigenvalue weighted by Gasteiger charge is 2.28. The molecule has 0 aliphatic heterocycles. The number of sulfonamides is 1. The fourth-order valence-electron chi connectivity index (χ4n) is 2.38. The first kappa shape index (κ1) is 18.4. The molecule has 2 rings (SSSR count). The average Bonchev–Trinajstić information content (AvgIpc) is 2.53. The van der Waals surface area contributed by atoms with Gasteiger partial charge in [-0.3, -0.25) is 9.10 Å². The van der Waals surface area contributed by atoms with Gasteiger partial charge in [-0.25, -0.2) is 8.42 Å². The smallest absolute Gasteiger partial charge is 0.324 e. The second-order valence-corrected chi connectivity index (χ2v) is 8.11. The molecule has 1 N–H and O–H groups in total. The van der Waals surface area contributed by atoms with E-state index in [0.29, 0.717) is 11.3 Å². The first-order chi connectivity index (χ1) is 11.3. The monoisotopic (exact) mass is 365 g/mol. The largest absolute Gasteiger partial charge is 0.480 e. The van der Waals surface area contributed by atoms with Crippen LogP contribution >= 0.6 is 11.8 Å². The van der Waals surface area contributed by atoms with Crippen molar-refractivity contribution in [2.24, 2.45) is 0 Å². The maximum atomic E-state index is 13.0. The number of nitrogens with zero attached hydrogens (tertiary/aromatic N) is 1. The molecule has 0 saturated heterocycles. The van der Waals surface area contributed by atoms with Gasteiger partial charge in [0.25, 0.3) is 10.0 Å². The third-order valence-corrected chi connectivity index (χ3v) is 6.06. The Kier molecular flexibility index (Phi) is 5.56. The highest BCUT2D eigenvalue weighted by molar-refractivity contribution is 7.98. The van der Waals surface area contributed by atoms with Crippen molar-refractivity contribution < 1.29 is 18.3 Å². The van der Waals surface area contributed by atoms with Crippen LogP contribution in [0, 0.1) is 13.8 Å². The topological polar surface area (TPSA) is 74.7 Å². The summed E-state index contributed by atoms with van der Waals surface area (Å²) in [7, 11) is -3.97. The maximum Gasteiger partial charge on any atom is 0.324 e. The molecule has 0 amide bonds. The molecule has 0 aliphatic carbocycles. The van der Waals surface area contributed by atoms with Gasteiger partial charge >= 0.3 is 5.97 Å². The lowest BCUT2D eigenvalue weighted by Crippen LogP contribution is -2.36. The molecule has 0 heterocycles. The standard InChI is InChI=1S/C17H19NO4S2/c1-12-4-9-16(13(2)10-12)18(11-17(19)20)24(21,22)15-7-5-14(23-3)6-8-15/h4-10H,11H2,1-3H3,(H,19,20). The second-order valence-electron chi connectivity index (χ2n) is 5.37. The summed E-state index contributed by atoms with van der Waals surface area (Å²) in [6, 6.07) is 11.7. The quantitative estimate of drug-likeness (QED) is 0.795. The van der Waals surface area contributed by atoms with Crippen molar-refractivity contribution in [2.45, 2.75) is 23.6 Å². The van der Waals surface area contributed by atoms with Crippen LogP contribution in [-0.2, 0) is 14.8 Å². The number of carbonyl (C=O) groups is 1. The Hall–Kier alpha value is -1.99. The summed E-state index contributed by atoms with van der Waals surface area (Å²) >= 11 is 1.51. The minimum atomic E-state index is -3.97. The molecule has 0 atom stereocenters. The van der Waals surface area contributed by atoms with Gasteiger partial charge in [0.05, 0.1) is 10.6 Å². The van der Waals surface area contributed by atoms with Gasteiger partial charge in [-0.05, 0) is 56.0 Å². The zero-order chi connectivity index (χ0) is 17.9. The Morgan fingerprint density at radius 1 is 1.12 bits per heavy atom. The van der Waals surface area contributed by atoms with E-state index in [1.807, 2.05) is 19.2 Å². The van der Waals surface area contributed by atoms with E-state index in [9.17, 15) is 18.3 Å². The van der Waals surface area contributed by atoms with Gasteiger partial charge in [0, 0.05) is 4.90 Å². The van der Waals surface area contributed by atoms with Gasteiger partial charge in [0.2, 0.25) is 0 Å². The lowest BCUT2D eigenvalue weighted by atomic mass is 10.1. The Labute approximate surface area is 146 Å². The molecule has 5 nitrogen and oxygen atoms in total. The Morgan fingerprint density at radius 2 is 1.75 bits per heavy atom. The maximum absolute atomic E-state index is 13.0. The third kappa shape index (κ3) is 3.91. The number of thioether (sulfide) groups is 1. The molecule has 0 aliphatic rings. The minimum absolute atomic E-state index is 0.0709. The predicted molar refractivity (Wildman–Crippen MR) is 96.3 cm³/mol. The van der Waals surface area contributed by atoms with Crippen LogP contribution in [0.3, 0.4) is 0 Å². The Morgan fingerprint density at radius 3 is 2.25 bits per heavy atom. The Bertz CT molecular complexity index is 845. The lowest BCUT2D eigenvalue weighted by Gasteiger charge is -2.24. The molecule has 0 unspecified atom stereocenters. The fourth-order valence-corrected chi connectivity index (χ4v) is 4.27. The molecule has 2 aromatic rings. The molecule has 0 spiro atoms. The fraction of sp³-hybridized carbons (Fsp3) is 0.235. The number of benzene rings is 2. The van der Waals surface area contributed by atoms with Crippen LogP contribution in [0.5, 0.6) is 0 Å². The molecule has 0 bridgehead atoms. The number of rotatable bonds is 6. The van der Waals surface area contributed by atoms with Crippen LogP contribution in [0.2, 0.25) is 0 Å². The molecule has 0 aromatic heterocycles. The molecule has 0 radical (unpaired) electrons. The van der Waals surface area contributed by atoms with Gasteiger partial charge in [-0.15, -0.1) is 11.8 Å². The van der Waals surface area contributed by atoms with Crippen LogP contribution in [0.1, 0.15) is 11.1 Å². The van der Waals surface area contributed by atoms with Crippen molar-refractivity contribution in [3.05, 3.63) is 53.6 Å². The number of anilines is 1. The van der Waals surface area contributed by atoms with Gasteiger partial charge in [-0.1, -0.05) is 17.7 Å². The van der Waals surface area contributed by atoms with Crippen molar-refractivity contribution in [1.82, 2.24) is 0 Å². The van der Waals surface area contributed by atoms with Crippen molar-refractivity contribution >= 4 is 33.4 Å². The highest BCUT2D eigenvalue weighted by atomic mass is 32.2. The molecule has 7 heteroatoms. The van der Waals surface area contributed by atoms with Crippen molar-refractivity contribution in [1.29, 1.82) is 0 Å². The number of carboxylic acid groups (broad SMARTS) is 1. The first-order valence-corrected chi connectivity index (χ1v) is 9.88. The highest BCUT2D eigenvalue weighted by Crippen LogP contribution is 2.28. The molecule has 0 saturated carbocycles. The van der Waals surface area contributed by atoms with Gasteiger partial charge in [0.1, 0.15) is 6.54 Å². The number of carboxylic acids is 1.